The molecule has 0 aliphatic carbocycles. The highest BCUT2D eigenvalue weighted by molar-refractivity contribution is 7.11. The smallest absolute Gasteiger partial charge is 0.0900 e. The molecular formula is C12H22N2S. The zero-order chi connectivity index (χ0) is 11.8. The van der Waals surface area contributed by atoms with Gasteiger partial charge < -0.3 is 0 Å². The van der Waals surface area contributed by atoms with E-state index >= 15 is 0 Å². The van der Waals surface area contributed by atoms with Gasteiger partial charge in [-0.25, -0.2) is 4.98 Å². The minimum Gasteiger partial charge on any atom is -0.293 e. The van der Waals surface area contributed by atoms with Crippen LogP contribution in [0.4, 0.5) is 0 Å². The molecule has 0 spiro atoms. The average molecular weight is 226 g/mol. The number of hydrogen-bond acceptors (Lipinski definition) is 3. The van der Waals surface area contributed by atoms with Crippen molar-refractivity contribution in [2.75, 3.05) is 7.05 Å². The predicted octanol–water partition coefficient (Wildman–Crippen LogP) is 3.34. The summed E-state index contributed by atoms with van der Waals surface area (Å²) in [5.74, 6) is 0. The van der Waals surface area contributed by atoms with Crippen LogP contribution < -0.4 is 0 Å². The van der Waals surface area contributed by atoms with E-state index in [4.69, 9.17) is 0 Å². The van der Waals surface area contributed by atoms with Crippen LogP contribution in [-0.2, 0) is 5.54 Å². The molecule has 1 aromatic heterocycles. The molecular weight excluding hydrogens is 204 g/mol. The molecule has 1 heterocycles. The molecule has 1 rings (SSSR count). The van der Waals surface area contributed by atoms with Gasteiger partial charge in [0, 0.05) is 10.9 Å². The Morgan fingerprint density at radius 2 is 1.80 bits per heavy atom. The number of thiazole rings is 1. The molecule has 86 valence electrons. The van der Waals surface area contributed by atoms with Gasteiger partial charge in [0.05, 0.1) is 16.2 Å². The summed E-state index contributed by atoms with van der Waals surface area (Å²) in [6.07, 6.45) is 0. The summed E-state index contributed by atoms with van der Waals surface area (Å²) >= 11 is 1.79. The van der Waals surface area contributed by atoms with Crippen molar-refractivity contribution in [2.24, 2.45) is 0 Å². The molecule has 3 heteroatoms. The van der Waals surface area contributed by atoms with Crippen molar-refractivity contribution in [3.8, 4) is 0 Å². The Hall–Kier alpha value is -0.410. The lowest BCUT2D eigenvalue weighted by atomic mass is 9.96. The van der Waals surface area contributed by atoms with Crippen molar-refractivity contribution in [1.29, 1.82) is 0 Å². The van der Waals surface area contributed by atoms with E-state index < -0.39 is 0 Å². The van der Waals surface area contributed by atoms with Crippen LogP contribution in [0.15, 0.2) is 0 Å². The highest BCUT2D eigenvalue weighted by Gasteiger charge is 2.31. The largest absolute Gasteiger partial charge is 0.293 e. The first-order valence-corrected chi connectivity index (χ1v) is 6.26. The van der Waals surface area contributed by atoms with Crippen molar-refractivity contribution >= 4 is 11.3 Å². The number of rotatable bonds is 3. The number of aryl methyl sites for hydroxylation is 2. The zero-order valence-electron chi connectivity index (χ0n) is 10.9. The van der Waals surface area contributed by atoms with Gasteiger partial charge in [-0.15, -0.1) is 11.3 Å². The van der Waals surface area contributed by atoms with E-state index in [1.54, 1.807) is 11.3 Å². The molecule has 0 saturated heterocycles. The summed E-state index contributed by atoms with van der Waals surface area (Å²) in [6.45, 7) is 13.2. The summed E-state index contributed by atoms with van der Waals surface area (Å²) < 4.78 is 0. The van der Waals surface area contributed by atoms with Gasteiger partial charge in [0.25, 0.3) is 0 Å². The van der Waals surface area contributed by atoms with Gasteiger partial charge in [-0.2, -0.15) is 0 Å². The van der Waals surface area contributed by atoms with Crippen molar-refractivity contribution in [2.45, 2.75) is 53.1 Å². The zero-order valence-corrected chi connectivity index (χ0v) is 11.7. The third kappa shape index (κ3) is 2.40. The Balaban J connectivity index is 3.10. The van der Waals surface area contributed by atoms with Crippen LogP contribution in [0.25, 0.3) is 0 Å². The number of hydrogen-bond donors (Lipinski definition) is 0. The third-order valence-electron chi connectivity index (χ3n) is 3.14. The first kappa shape index (κ1) is 12.7. The van der Waals surface area contributed by atoms with Crippen LogP contribution in [0.1, 0.15) is 43.3 Å². The molecule has 0 unspecified atom stereocenters. The number of aromatic nitrogens is 1. The lowest BCUT2D eigenvalue weighted by molar-refractivity contribution is 0.114. The molecule has 0 aliphatic rings. The quantitative estimate of drug-likeness (QED) is 0.786. The Morgan fingerprint density at radius 1 is 1.27 bits per heavy atom. The Kier molecular flexibility index (Phi) is 3.56. The lowest BCUT2D eigenvalue weighted by Gasteiger charge is -2.37. The van der Waals surface area contributed by atoms with Crippen molar-refractivity contribution < 1.29 is 0 Å². The molecule has 0 aromatic carbocycles. The fraction of sp³-hybridized carbons (Fsp3) is 0.750. The van der Waals surface area contributed by atoms with Gasteiger partial charge in [0.1, 0.15) is 0 Å². The van der Waals surface area contributed by atoms with E-state index in [0.29, 0.717) is 6.04 Å². The molecule has 0 N–H and O–H groups in total. The van der Waals surface area contributed by atoms with E-state index in [1.165, 1.54) is 10.6 Å². The highest BCUT2D eigenvalue weighted by atomic mass is 32.1. The molecule has 0 aliphatic heterocycles. The van der Waals surface area contributed by atoms with Gasteiger partial charge in [-0.05, 0) is 48.6 Å². The van der Waals surface area contributed by atoms with Crippen LogP contribution in [-0.4, -0.2) is 23.0 Å². The van der Waals surface area contributed by atoms with Gasteiger partial charge >= 0.3 is 0 Å². The summed E-state index contributed by atoms with van der Waals surface area (Å²) in [7, 11) is 2.17. The standard InChI is InChI=1S/C12H22N2S/c1-8(2)14(7)12(5,6)11-9(3)15-10(4)13-11/h8H,1-7H3. The van der Waals surface area contributed by atoms with E-state index in [2.05, 4.69) is 58.5 Å². The molecule has 2 nitrogen and oxygen atoms in total. The van der Waals surface area contributed by atoms with E-state index in [1.807, 2.05) is 0 Å². The van der Waals surface area contributed by atoms with Crippen molar-refractivity contribution in [3.05, 3.63) is 15.6 Å². The summed E-state index contributed by atoms with van der Waals surface area (Å²) in [5, 5.41) is 1.16. The summed E-state index contributed by atoms with van der Waals surface area (Å²) in [4.78, 5) is 8.37. The highest BCUT2D eigenvalue weighted by Crippen LogP contribution is 2.32. The van der Waals surface area contributed by atoms with Crippen LogP contribution >= 0.6 is 11.3 Å². The molecule has 15 heavy (non-hydrogen) atoms. The Morgan fingerprint density at radius 3 is 2.13 bits per heavy atom. The molecule has 0 atom stereocenters. The van der Waals surface area contributed by atoms with Gasteiger partial charge in [0.2, 0.25) is 0 Å². The Bertz CT molecular complexity index is 339. The average Bonchev–Trinajstić information content (AvgIpc) is 2.44. The molecule has 0 amide bonds. The van der Waals surface area contributed by atoms with Gasteiger partial charge in [0.15, 0.2) is 0 Å². The molecule has 0 saturated carbocycles. The van der Waals surface area contributed by atoms with Gasteiger partial charge in [-0.1, -0.05) is 0 Å². The summed E-state index contributed by atoms with van der Waals surface area (Å²) in [6, 6.07) is 0.529. The SMILES string of the molecule is Cc1nc(C(C)(C)N(C)C(C)C)c(C)s1. The van der Waals surface area contributed by atoms with Crippen LogP contribution in [0.3, 0.4) is 0 Å². The van der Waals surface area contributed by atoms with E-state index in [9.17, 15) is 0 Å². The summed E-state index contributed by atoms with van der Waals surface area (Å²) in [5.41, 5.74) is 1.24. The van der Waals surface area contributed by atoms with E-state index in [0.717, 1.165) is 5.01 Å². The molecule has 0 fully saturated rings. The molecule has 1 aromatic rings. The maximum Gasteiger partial charge on any atom is 0.0900 e. The molecule has 0 radical (unpaired) electrons. The van der Waals surface area contributed by atoms with Gasteiger partial charge in [-0.3, -0.25) is 4.90 Å². The topological polar surface area (TPSA) is 16.1 Å². The fourth-order valence-corrected chi connectivity index (χ4v) is 2.88. The third-order valence-corrected chi connectivity index (χ3v) is 4.03. The van der Waals surface area contributed by atoms with Crippen LogP contribution in [0.2, 0.25) is 0 Å². The van der Waals surface area contributed by atoms with Crippen molar-refractivity contribution in [1.82, 2.24) is 9.88 Å². The maximum atomic E-state index is 4.66. The first-order chi connectivity index (χ1) is 6.76. The van der Waals surface area contributed by atoms with E-state index in [-0.39, 0.29) is 5.54 Å². The predicted molar refractivity (Wildman–Crippen MR) is 67.5 cm³/mol. The second kappa shape index (κ2) is 4.22. The number of nitrogens with zero attached hydrogens (tertiary/aromatic N) is 2. The monoisotopic (exact) mass is 226 g/mol. The second-order valence-electron chi connectivity index (χ2n) is 4.90. The maximum absolute atomic E-state index is 4.66. The minimum absolute atomic E-state index is 0.0169. The first-order valence-electron chi connectivity index (χ1n) is 5.44. The fourth-order valence-electron chi connectivity index (χ4n) is 1.91. The Labute approximate surface area is 97.3 Å². The minimum atomic E-state index is 0.0169. The second-order valence-corrected chi connectivity index (χ2v) is 6.31. The van der Waals surface area contributed by atoms with Crippen LogP contribution in [0.5, 0.6) is 0 Å². The van der Waals surface area contributed by atoms with Crippen LogP contribution in [0, 0.1) is 13.8 Å². The lowest BCUT2D eigenvalue weighted by Crippen LogP contribution is -2.43. The molecule has 0 bridgehead atoms. The normalized spacial score (nSPS) is 12.9. The van der Waals surface area contributed by atoms with Crippen molar-refractivity contribution in [3.63, 3.8) is 0 Å².